The molecule has 0 aromatic carbocycles. The molecular formula is C6H13ClN2O2. The summed E-state index contributed by atoms with van der Waals surface area (Å²) in [5.74, 6) is 4.81. The second-order valence-electron chi connectivity index (χ2n) is 2.42. The van der Waals surface area contributed by atoms with Crippen molar-refractivity contribution >= 4 is 18.3 Å². The van der Waals surface area contributed by atoms with Crippen LogP contribution < -0.4 is 11.3 Å². The van der Waals surface area contributed by atoms with E-state index in [-0.39, 0.29) is 24.2 Å². The lowest BCUT2D eigenvalue weighted by atomic mass is 10.0. The molecule has 0 aromatic rings. The fraction of sp³-hybridized carbons (Fsp3) is 0.833. The number of hydrogen-bond acceptors (Lipinski definition) is 3. The van der Waals surface area contributed by atoms with Gasteiger partial charge in [-0.15, -0.1) is 12.4 Å². The minimum Gasteiger partial charge on any atom is -0.381 e. The van der Waals surface area contributed by atoms with E-state index in [2.05, 4.69) is 5.43 Å². The van der Waals surface area contributed by atoms with Crippen molar-refractivity contribution in [2.75, 3.05) is 13.2 Å². The predicted octanol–water partition coefficient (Wildman–Crippen LogP) is -0.175. The minimum absolute atomic E-state index is 0. The SMILES string of the molecule is Cl.NNC(=O)C1CCCOC1. The Morgan fingerprint density at radius 1 is 1.64 bits per heavy atom. The van der Waals surface area contributed by atoms with E-state index in [1.807, 2.05) is 0 Å². The molecular weight excluding hydrogens is 168 g/mol. The van der Waals surface area contributed by atoms with Gasteiger partial charge in [0, 0.05) is 6.61 Å². The summed E-state index contributed by atoms with van der Waals surface area (Å²) in [6.45, 7) is 1.29. The van der Waals surface area contributed by atoms with Gasteiger partial charge in [0.15, 0.2) is 0 Å². The molecule has 1 atom stereocenters. The summed E-state index contributed by atoms with van der Waals surface area (Å²) in [5, 5.41) is 0. The first-order valence-electron chi connectivity index (χ1n) is 3.43. The van der Waals surface area contributed by atoms with Crippen LogP contribution in [0.1, 0.15) is 12.8 Å². The lowest BCUT2D eigenvalue weighted by molar-refractivity contribution is -0.129. The highest BCUT2D eigenvalue weighted by molar-refractivity contribution is 5.85. The van der Waals surface area contributed by atoms with Crippen LogP contribution in [0.3, 0.4) is 0 Å². The van der Waals surface area contributed by atoms with Crippen LogP contribution in [0.5, 0.6) is 0 Å². The fourth-order valence-corrected chi connectivity index (χ4v) is 1.07. The third kappa shape index (κ3) is 3.05. The fourth-order valence-electron chi connectivity index (χ4n) is 1.07. The number of hydrazine groups is 1. The monoisotopic (exact) mass is 180 g/mol. The van der Waals surface area contributed by atoms with Crippen molar-refractivity contribution in [2.45, 2.75) is 12.8 Å². The van der Waals surface area contributed by atoms with Crippen molar-refractivity contribution in [3.8, 4) is 0 Å². The van der Waals surface area contributed by atoms with Gasteiger partial charge in [0.1, 0.15) is 0 Å². The van der Waals surface area contributed by atoms with Crippen LogP contribution in [0.25, 0.3) is 0 Å². The van der Waals surface area contributed by atoms with Gasteiger partial charge in [-0.2, -0.15) is 0 Å². The first kappa shape index (κ1) is 10.7. The molecule has 0 bridgehead atoms. The molecule has 1 fully saturated rings. The van der Waals surface area contributed by atoms with Gasteiger partial charge in [-0.3, -0.25) is 10.2 Å². The average molecular weight is 181 g/mol. The Labute approximate surface area is 71.8 Å². The van der Waals surface area contributed by atoms with Gasteiger partial charge < -0.3 is 4.74 Å². The van der Waals surface area contributed by atoms with Crippen molar-refractivity contribution in [1.29, 1.82) is 0 Å². The Morgan fingerprint density at radius 2 is 2.36 bits per heavy atom. The van der Waals surface area contributed by atoms with Crippen molar-refractivity contribution in [1.82, 2.24) is 5.43 Å². The summed E-state index contributed by atoms with van der Waals surface area (Å²) in [6, 6.07) is 0. The number of ether oxygens (including phenoxy) is 1. The molecule has 11 heavy (non-hydrogen) atoms. The molecule has 1 rings (SSSR count). The summed E-state index contributed by atoms with van der Waals surface area (Å²) in [7, 11) is 0. The summed E-state index contributed by atoms with van der Waals surface area (Å²) < 4.78 is 5.09. The Hall–Kier alpha value is -0.320. The van der Waals surface area contributed by atoms with Crippen LogP contribution >= 0.6 is 12.4 Å². The first-order valence-corrected chi connectivity index (χ1v) is 3.43. The third-order valence-electron chi connectivity index (χ3n) is 1.67. The Morgan fingerprint density at radius 3 is 2.82 bits per heavy atom. The molecule has 0 aliphatic carbocycles. The van der Waals surface area contributed by atoms with E-state index in [0.29, 0.717) is 6.61 Å². The van der Waals surface area contributed by atoms with Crippen molar-refractivity contribution in [3.63, 3.8) is 0 Å². The normalized spacial score (nSPS) is 23.5. The van der Waals surface area contributed by atoms with Crippen LogP contribution in [0.2, 0.25) is 0 Å². The molecule has 4 nitrogen and oxygen atoms in total. The lowest BCUT2D eigenvalue weighted by Crippen LogP contribution is -2.39. The van der Waals surface area contributed by atoms with Crippen molar-refractivity contribution < 1.29 is 9.53 Å². The molecule has 1 heterocycles. The highest BCUT2D eigenvalue weighted by Gasteiger charge is 2.20. The predicted molar refractivity (Wildman–Crippen MR) is 43.1 cm³/mol. The summed E-state index contributed by atoms with van der Waals surface area (Å²) in [4.78, 5) is 10.9. The van der Waals surface area contributed by atoms with Crippen molar-refractivity contribution in [2.24, 2.45) is 11.8 Å². The number of nitrogens with two attached hydrogens (primary N) is 1. The summed E-state index contributed by atoms with van der Waals surface area (Å²) >= 11 is 0. The van der Waals surface area contributed by atoms with Crippen LogP contribution in [0.15, 0.2) is 0 Å². The Kier molecular flexibility index (Phi) is 5.19. The second-order valence-corrected chi connectivity index (χ2v) is 2.42. The number of carbonyl (C=O) groups excluding carboxylic acids is 1. The quantitative estimate of drug-likeness (QED) is 0.335. The zero-order valence-electron chi connectivity index (χ0n) is 6.21. The number of nitrogens with one attached hydrogen (secondary N) is 1. The van der Waals surface area contributed by atoms with E-state index in [1.165, 1.54) is 0 Å². The Balaban J connectivity index is 0.000001000. The third-order valence-corrected chi connectivity index (χ3v) is 1.67. The van der Waals surface area contributed by atoms with Gasteiger partial charge in [-0.25, -0.2) is 5.84 Å². The molecule has 1 unspecified atom stereocenters. The van der Waals surface area contributed by atoms with Gasteiger partial charge in [0.25, 0.3) is 0 Å². The maximum Gasteiger partial charge on any atom is 0.239 e. The van der Waals surface area contributed by atoms with E-state index < -0.39 is 0 Å². The van der Waals surface area contributed by atoms with Gasteiger partial charge >= 0.3 is 0 Å². The molecule has 5 heteroatoms. The highest BCUT2D eigenvalue weighted by Crippen LogP contribution is 2.12. The molecule has 3 N–H and O–H groups in total. The second kappa shape index (κ2) is 5.35. The topological polar surface area (TPSA) is 64.3 Å². The van der Waals surface area contributed by atoms with Crippen LogP contribution in [-0.2, 0) is 9.53 Å². The minimum atomic E-state index is -0.111. The maximum atomic E-state index is 10.9. The van der Waals surface area contributed by atoms with Crippen LogP contribution in [0, 0.1) is 5.92 Å². The van der Waals surface area contributed by atoms with E-state index in [1.54, 1.807) is 0 Å². The average Bonchev–Trinajstić information content (AvgIpc) is 2.05. The molecule has 1 amide bonds. The maximum absolute atomic E-state index is 10.9. The molecule has 1 aliphatic heterocycles. The van der Waals surface area contributed by atoms with Crippen LogP contribution in [0.4, 0.5) is 0 Å². The van der Waals surface area contributed by atoms with E-state index in [9.17, 15) is 4.79 Å². The highest BCUT2D eigenvalue weighted by atomic mass is 35.5. The number of carbonyl (C=O) groups is 1. The smallest absolute Gasteiger partial charge is 0.239 e. The number of halogens is 1. The zero-order chi connectivity index (χ0) is 7.40. The summed E-state index contributed by atoms with van der Waals surface area (Å²) in [6.07, 6.45) is 1.85. The first-order chi connectivity index (χ1) is 4.84. The van der Waals surface area contributed by atoms with Crippen LogP contribution in [-0.4, -0.2) is 19.1 Å². The molecule has 66 valence electrons. The molecule has 0 spiro atoms. The van der Waals surface area contributed by atoms with Gasteiger partial charge in [-0.1, -0.05) is 0 Å². The standard InChI is InChI=1S/C6H12N2O2.ClH/c7-8-6(9)5-2-1-3-10-4-5;/h5H,1-4,7H2,(H,8,9);1H. The van der Waals surface area contributed by atoms with Crippen molar-refractivity contribution in [3.05, 3.63) is 0 Å². The van der Waals surface area contributed by atoms with Gasteiger partial charge in [-0.05, 0) is 12.8 Å². The van der Waals surface area contributed by atoms with E-state index in [4.69, 9.17) is 10.6 Å². The largest absolute Gasteiger partial charge is 0.381 e. The molecule has 1 saturated heterocycles. The number of rotatable bonds is 1. The molecule has 1 aliphatic rings. The molecule has 0 radical (unpaired) electrons. The van der Waals surface area contributed by atoms with Gasteiger partial charge in [0.2, 0.25) is 5.91 Å². The number of amides is 1. The summed E-state index contributed by atoms with van der Waals surface area (Å²) in [5.41, 5.74) is 2.12. The van der Waals surface area contributed by atoms with E-state index >= 15 is 0 Å². The van der Waals surface area contributed by atoms with E-state index in [0.717, 1.165) is 19.4 Å². The molecule has 0 saturated carbocycles. The zero-order valence-corrected chi connectivity index (χ0v) is 7.02. The molecule has 0 aromatic heterocycles. The Bertz CT molecular complexity index is 126. The van der Waals surface area contributed by atoms with Gasteiger partial charge in [0.05, 0.1) is 12.5 Å². The lowest BCUT2D eigenvalue weighted by Gasteiger charge is -2.19. The number of hydrogen-bond donors (Lipinski definition) is 2.